The summed E-state index contributed by atoms with van der Waals surface area (Å²) >= 11 is 0. The second kappa shape index (κ2) is 6.85. The lowest BCUT2D eigenvalue weighted by atomic mass is 10.1. The van der Waals surface area contributed by atoms with E-state index in [1.807, 2.05) is 0 Å². The second-order valence-electron chi connectivity index (χ2n) is 7.32. The third kappa shape index (κ3) is 3.16. The fraction of sp³-hybridized carbons (Fsp3) is 0.300. The molecule has 0 bridgehead atoms. The van der Waals surface area contributed by atoms with Crippen LogP contribution in [0.5, 0.6) is 5.75 Å². The highest BCUT2D eigenvalue weighted by atomic mass is 32.2. The fourth-order valence-electron chi connectivity index (χ4n) is 3.98. The van der Waals surface area contributed by atoms with Gasteiger partial charge in [-0.25, -0.2) is 12.4 Å². The van der Waals surface area contributed by atoms with Crippen LogP contribution in [0.3, 0.4) is 0 Å². The molecule has 5 rings (SSSR count). The van der Waals surface area contributed by atoms with Crippen molar-refractivity contribution in [2.24, 2.45) is 0 Å². The first-order valence-electron chi connectivity index (χ1n) is 9.53. The van der Waals surface area contributed by atoms with Crippen LogP contribution in [0.2, 0.25) is 0 Å². The Bertz CT molecular complexity index is 1210. The fourth-order valence-corrected chi connectivity index (χ4v) is 5.38. The van der Waals surface area contributed by atoms with E-state index in [0.717, 1.165) is 31.4 Å². The molecule has 2 N–H and O–H groups in total. The maximum Gasteiger partial charge on any atom is 0.268 e. The maximum atomic E-state index is 13.4. The molecule has 4 heterocycles. The molecule has 150 valence electrons. The molecular formula is C20H20N4O4S. The zero-order chi connectivity index (χ0) is 20.0. The van der Waals surface area contributed by atoms with Crippen molar-refractivity contribution in [3.63, 3.8) is 0 Å². The highest BCUT2D eigenvalue weighted by Crippen LogP contribution is 2.32. The molecule has 9 heteroatoms. The number of carbonyl (C=O) groups excluding carboxylic acids is 1. The number of carbonyl (C=O) groups is 1. The number of nitrogens with zero attached hydrogens (tertiary/aromatic N) is 2. The summed E-state index contributed by atoms with van der Waals surface area (Å²) in [5.74, 6) is 0.143. The van der Waals surface area contributed by atoms with E-state index in [9.17, 15) is 13.2 Å². The van der Waals surface area contributed by atoms with Gasteiger partial charge >= 0.3 is 0 Å². The van der Waals surface area contributed by atoms with Crippen molar-refractivity contribution in [3.8, 4) is 5.75 Å². The predicted octanol–water partition coefficient (Wildman–Crippen LogP) is 1.90. The summed E-state index contributed by atoms with van der Waals surface area (Å²) in [5.41, 5.74) is 2.49. The average Bonchev–Trinajstić information content (AvgIpc) is 3.36. The maximum absolute atomic E-state index is 13.4. The van der Waals surface area contributed by atoms with Crippen LogP contribution in [0.4, 0.5) is 5.69 Å². The second-order valence-corrected chi connectivity index (χ2v) is 9.13. The van der Waals surface area contributed by atoms with Gasteiger partial charge in [0.2, 0.25) is 0 Å². The molecule has 1 atom stereocenters. The number of fused-ring (bicyclic) bond motifs is 2. The molecule has 2 aliphatic heterocycles. The Morgan fingerprint density at radius 1 is 1.28 bits per heavy atom. The molecule has 1 saturated heterocycles. The van der Waals surface area contributed by atoms with Gasteiger partial charge in [-0.1, -0.05) is 0 Å². The molecule has 1 fully saturated rings. The van der Waals surface area contributed by atoms with E-state index in [2.05, 4.69) is 15.6 Å². The number of ether oxygens (including phenoxy) is 1. The van der Waals surface area contributed by atoms with Crippen LogP contribution in [0.15, 0.2) is 47.6 Å². The zero-order valence-corrected chi connectivity index (χ0v) is 16.4. The number of hydrogen-bond donors (Lipinski definition) is 2. The van der Waals surface area contributed by atoms with Crippen LogP contribution in [0.25, 0.3) is 11.0 Å². The Labute approximate surface area is 167 Å². The number of benzene rings is 1. The van der Waals surface area contributed by atoms with E-state index in [4.69, 9.17) is 4.74 Å². The van der Waals surface area contributed by atoms with Crippen molar-refractivity contribution < 1.29 is 17.9 Å². The molecule has 8 nitrogen and oxygen atoms in total. The third-order valence-electron chi connectivity index (χ3n) is 5.37. The molecule has 1 amide bonds. The number of amides is 1. The minimum atomic E-state index is -3.88. The van der Waals surface area contributed by atoms with Crippen molar-refractivity contribution in [1.82, 2.24) is 14.3 Å². The molecule has 1 unspecified atom stereocenters. The molecule has 3 aromatic rings. The van der Waals surface area contributed by atoms with E-state index in [0.29, 0.717) is 28.5 Å². The van der Waals surface area contributed by atoms with Gasteiger partial charge in [-0.05, 0) is 61.7 Å². The Morgan fingerprint density at radius 3 is 3.00 bits per heavy atom. The summed E-state index contributed by atoms with van der Waals surface area (Å²) in [6, 6.07) is 8.31. The molecule has 29 heavy (non-hydrogen) atoms. The Kier molecular flexibility index (Phi) is 4.29. The summed E-state index contributed by atoms with van der Waals surface area (Å²) in [6.07, 6.45) is 6.26. The van der Waals surface area contributed by atoms with Crippen molar-refractivity contribution >= 4 is 32.7 Å². The Hall–Kier alpha value is -2.91. The average molecular weight is 412 g/mol. The lowest BCUT2D eigenvalue weighted by Crippen LogP contribution is -2.25. The van der Waals surface area contributed by atoms with Crippen molar-refractivity contribution in [2.45, 2.75) is 30.2 Å². The summed E-state index contributed by atoms with van der Waals surface area (Å²) in [6.45, 7) is 0.906. The Balaban J connectivity index is 1.59. The first-order chi connectivity index (χ1) is 14.0. The molecular weight excluding hydrogens is 392 g/mol. The van der Waals surface area contributed by atoms with Crippen molar-refractivity contribution in [3.05, 3.63) is 48.3 Å². The van der Waals surface area contributed by atoms with E-state index < -0.39 is 10.0 Å². The monoisotopic (exact) mass is 412 g/mol. The van der Waals surface area contributed by atoms with Crippen molar-refractivity contribution in [1.29, 1.82) is 0 Å². The van der Waals surface area contributed by atoms with E-state index in [1.165, 1.54) is 16.1 Å². The molecule has 0 spiro atoms. The zero-order valence-electron chi connectivity index (χ0n) is 15.6. The summed E-state index contributed by atoms with van der Waals surface area (Å²) in [4.78, 5) is 16.1. The van der Waals surface area contributed by atoms with Gasteiger partial charge in [-0.3, -0.25) is 9.78 Å². The summed E-state index contributed by atoms with van der Waals surface area (Å²) in [5, 5.41) is 6.10. The van der Waals surface area contributed by atoms with Gasteiger partial charge in [0.25, 0.3) is 15.9 Å². The molecule has 2 aliphatic rings. The number of hydrogen-bond acceptors (Lipinski definition) is 6. The quantitative estimate of drug-likeness (QED) is 0.679. The van der Waals surface area contributed by atoms with Crippen LogP contribution in [0.1, 0.15) is 18.4 Å². The predicted molar refractivity (Wildman–Crippen MR) is 108 cm³/mol. The normalized spacial score (nSPS) is 19.0. The minimum Gasteiger partial charge on any atom is -0.482 e. The Morgan fingerprint density at radius 2 is 2.17 bits per heavy atom. The highest BCUT2D eigenvalue weighted by molar-refractivity contribution is 7.90. The van der Waals surface area contributed by atoms with E-state index in [-0.39, 0.29) is 17.4 Å². The SMILES string of the molecule is O=C1COc2ccc(S(=O)(=O)n3cc(CC4CCCN4)c4ncccc43)cc2N1. The highest BCUT2D eigenvalue weighted by Gasteiger charge is 2.26. The van der Waals surface area contributed by atoms with E-state index >= 15 is 0 Å². The number of pyridine rings is 1. The van der Waals surface area contributed by atoms with Gasteiger partial charge in [0, 0.05) is 18.4 Å². The van der Waals surface area contributed by atoms with Gasteiger partial charge in [0.15, 0.2) is 6.61 Å². The number of anilines is 1. The number of aromatic nitrogens is 2. The van der Waals surface area contributed by atoms with Gasteiger partial charge in [-0.15, -0.1) is 0 Å². The van der Waals surface area contributed by atoms with Gasteiger partial charge in [0.1, 0.15) is 5.75 Å². The molecule has 0 radical (unpaired) electrons. The molecule has 0 aliphatic carbocycles. The molecule has 1 aromatic carbocycles. The van der Waals surface area contributed by atoms with E-state index in [1.54, 1.807) is 30.6 Å². The van der Waals surface area contributed by atoms with Gasteiger partial charge in [-0.2, -0.15) is 0 Å². The van der Waals surface area contributed by atoms with Crippen LogP contribution in [-0.4, -0.2) is 42.5 Å². The van der Waals surface area contributed by atoms with Gasteiger partial charge < -0.3 is 15.4 Å². The summed E-state index contributed by atoms with van der Waals surface area (Å²) < 4.78 is 33.5. The van der Waals surface area contributed by atoms with Crippen molar-refractivity contribution in [2.75, 3.05) is 18.5 Å². The van der Waals surface area contributed by atoms with Crippen LogP contribution < -0.4 is 15.4 Å². The van der Waals surface area contributed by atoms with Crippen LogP contribution in [0, 0.1) is 0 Å². The first-order valence-corrected chi connectivity index (χ1v) is 11.0. The van der Waals surface area contributed by atoms with Gasteiger partial charge in [0.05, 0.1) is 21.6 Å². The van der Waals surface area contributed by atoms with Crippen LogP contribution in [-0.2, 0) is 21.2 Å². The first kappa shape index (κ1) is 18.1. The topological polar surface area (TPSA) is 102 Å². The lowest BCUT2D eigenvalue weighted by molar-refractivity contribution is -0.118. The molecule has 2 aromatic heterocycles. The van der Waals surface area contributed by atoms with Crippen LogP contribution >= 0.6 is 0 Å². The largest absolute Gasteiger partial charge is 0.482 e. The smallest absolute Gasteiger partial charge is 0.268 e. The third-order valence-corrected chi connectivity index (χ3v) is 7.04. The summed E-state index contributed by atoms with van der Waals surface area (Å²) in [7, 11) is -3.88. The lowest BCUT2D eigenvalue weighted by Gasteiger charge is -2.18. The number of rotatable bonds is 4. The standard InChI is InChI=1S/C20H20N4O4S/c25-19-12-28-18-6-5-15(10-16(18)23-19)29(26,27)24-11-13(9-14-3-1-7-21-14)20-17(24)4-2-8-22-20/h2,4-6,8,10-11,14,21H,1,3,7,9,12H2,(H,23,25). The number of nitrogens with one attached hydrogen (secondary N) is 2. The minimum absolute atomic E-state index is 0.0772. The molecule has 0 saturated carbocycles.